The van der Waals surface area contributed by atoms with Gasteiger partial charge in [0.15, 0.2) is 0 Å². The van der Waals surface area contributed by atoms with E-state index in [1.807, 2.05) is 12.1 Å². The Morgan fingerprint density at radius 2 is 1.90 bits per heavy atom. The molecule has 2 aliphatic heterocycles. The van der Waals surface area contributed by atoms with Crippen LogP contribution in [-0.4, -0.2) is 38.3 Å². The summed E-state index contributed by atoms with van der Waals surface area (Å²) in [6, 6.07) is 8.39. The Balaban J connectivity index is 1.58. The van der Waals surface area contributed by atoms with Gasteiger partial charge in [0, 0.05) is 31.4 Å². The molecule has 0 bridgehead atoms. The molecular formula is C17H24N2O2. The maximum absolute atomic E-state index is 12.2. The number of carbonyl (C=O) groups excluding carboxylic acids is 1. The lowest BCUT2D eigenvalue weighted by atomic mass is 9.91. The molecule has 21 heavy (non-hydrogen) atoms. The van der Waals surface area contributed by atoms with Crippen LogP contribution in [0.2, 0.25) is 0 Å². The van der Waals surface area contributed by atoms with Crippen LogP contribution < -0.4 is 10.6 Å². The van der Waals surface area contributed by atoms with Crippen molar-refractivity contribution in [2.75, 3.05) is 26.3 Å². The molecule has 0 radical (unpaired) electrons. The van der Waals surface area contributed by atoms with Crippen LogP contribution in [0.4, 0.5) is 0 Å². The second-order valence-electron chi connectivity index (χ2n) is 6.03. The maximum atomic E-state index is 12.2. The van der Waals surface area contributed by atoms with E-state index in [2.05, 4.69) is 22.8 Å². The van der Waals surface area contributed by atoms with Gasteiger partial charge in [0.25, 0.3) is 5.91 Å². The third-order valence-corrected chi connectivity index (χ3v) is 4.50. The molecular weight excluding hydrogens is 264 g/mol. The van der Waals surface area contributed by atoms with Crippen molar-refractivity contribution in [3.05, 3.63) is 35.4 Å². The van der Waals surface area contributed by atoms with Crippen molar-refractivity contribution in [1.82, 2.24) is 10.6 Å². The van der Waals surface area contributed by atoms with Crippen molar-refractivity contribution in [2.45, 2.75) is 37.6 Å². The van der Waals surface area contributed by atoms with Gasteiger partial charge in [-0.1, -0.05) is 12.1 Å². The van der Waals surface area contributed by atoms with Crippen molar-refractivity contribution in [3.63, 3.8) is 0 Å². The average Bonchev–Trinajstić information content (AvgIpc) is 2.57. The first-order valence-electron chi connectivity index (χ1n) is 8.02. The normalized spacial score (nSPS) is 23.7. The van der Waals surface area contributed by atoms with Gasteiger partial charge in [0.1, 0.15) is 0 Å². The van der Waals surface area contributed by atoms with E-state index in [1.54, 1.807) is 0 Å². The highest BCUT2D eigenvalue weighted by molar-refractivity contribution is 5.94. The molecule has 1 aromatic carbocycles. The average molecular weight is 288 g/mol. The largest absolute Gasteiger partial charge is 0.381 e. The number of hydrogen-bond acceptors (Lipinski definition) is 3. The van der Waals surface area contributed by atoms with Crippen molar-refractivity contribution >= 4 is 5.91 Å². The SMILES string of the molecule is O=C(NC1CCOCC1)c1ccc([C@@H]2CCCNC2)cc1. The second kappa shape index (κ2) is 7.05. The summed E-state index contributed by atoms with van der Waals surface area (Å²) < 4.78 is 5.31. The Morgan fingerprint density at radius 3 is 2.57 bits per heavy atom. The van der Waals surface area contributed by atoms with Crippen LogP contribution in [0.5, 0.6) is 0 Å². The quantitative estimate of drug-likeness (QED) is 0.895. The number of amides is 1. The number of carbonyl (C=O) groups is 1. The van der Waals surface area contributed by atoms with Crippen molar-refractivity contribution in [2.24, 2.45) is 0 Å². The summed E-state index contributed by atoms with van der Waals surface area (Å²) in [5.74, 6) is 0.626. The smallest absolute Gasteiger partial charge is 0.251 e. The van der Waals surface area contributed by atoms with Gasteiger partial charge in [-0.25, -0.2) is 0 Å². The lowest BCUT2D eigenvalue weighted by Gasteiger charge is -2.24. The molecule has 0 unspecified atom stereocenters. The van der Waals surface area contributed by atoms with Crippen molar-refractivity contribution in [3.8, 4) is 0 Å². The van der Waals surface area contributed by atoms with Crippen LogP contribution in [0.15, 0.2) is 24.3 Å². The third kappa shape index (κ3) is 3.83. The fraction of sp³-hybridized carbons (Fsp3) is 0.588. The second-order valence-corrected chi connectivity index (χ2v) is 6.03. The topological polar surface area (TPSA) is 50.4 Å². The van der Waals surface area contributed by atoms with Crippen LogP contribution in [-0.2, 0) is 4.74 Å². The molecule has 3 rings (SSSR count). The van der Waals surface area contributed by atoms with Gasteiger partial charge in [-0.3, -0.25) is 4.79 Å². The van der Waals surface area contributed by atoms with Crippen LogP contribution in [0.1, 0.15) is 47.5 Å². The van der Waals surface area contributed by atoms with Crippen LogP contribution in [0.25, 0.3) is 0 Å². The Labute approximate surface area is 126 Å². The van der Waals surface area contributed by atoms with Crippen molar-refractivity contribution < 1.29 is 9.53 Å². The highest BCUT2D eigenvalue weighted by Crippen LogP contribution is 2.23. The van der Waals surface area contributed by atoms with Gasteiger partial charge < -0.3 is 15.4 Å². The Bertz CT molecular complexity index is 460. The first-order valence-corrected chi connectivity index (χ1v) is 8.02. The number of benzene rings is 1. The van der Waals surface area contributed by atoms with E-state index in [0.717, 1.165) is 44.7 Å². The molecule has 4 heteroatoms. The van der Waals surface area contributed by atoms with E-state index in [4.69, 9.17) is 4.74 Å². The molecule has 114 valence electrons. The molecule has 2 fully saturated rings. The molecule has 2 saturated heterocycles. The molecule has 0 aromatic heterocycles. The van der Waals surface area contributed by atoms with Crippen LogP contribution >= 0.6 is 0 Å². The Kier molecular flexibility index (Phi) is 4.88. The fourth-order valence-electron chi connectivity index (χ4n) is 3.15. The number of ether oxygens (including phenoxy) is 1. The Hall–Kier alpha value is -1.39. The number of nitrogens with one attached hydrogen (secondary N) is 2. The minimum atomic E-state index is 0.0372. The van der Waals surface area contributed by atoms with E-state index in [9.17, 15) is 4.79 Å². The highest BCUT2D eigenvalue weighted by Gasteiger charge is 2.18. The summed E-state index contributed by atoms with van der Waals surface area (Å²) in [5.41, 5.74) is 2.10. The van der Waals surface area contributed by atoms with Crippen LogP contribution in [0.3, 0.4) is 0 Å². The molecule has 0 spiro atoms. The summed E-state index contributed by atoms with van der Waals surface area (Å²) >= 11 is 0. The number of piperidine rings is 1. The van der Waals surface area contributed by atoms with E-state index >= 15 is 0 Å². The van der Waals surface area contributed by atoms with Gasteiger partial charge >= 0.3 is 0 Å². The minimum absolute atomic E-state index is 0.0372. The summed E-state index contributed by atoms with van der Waals surface area (Å²) in [4.78, 5) is 12.2. The molecule has 1 aromatic rings. The molecule has 2 heterocycles. The zero-order chi connectivity index (χ0) is 14.5. The predicted molar refractivity (Wildman–Crippen MR) is 82.6 cm³/mol. The van der Waals surface area contributed by atoms with Gasteiger partial charge in [-0.05, 0) is 55.8 Å². The fourth-order valence-corrected chi connectivity index (χ4v) is 3.15. The predicted octanol–water partition coefficient (Wildman–Crippen LogP) is 2.06. The van der Waals surface area contributed by atoms with E-state index in [0.29, 0.717) is 5.92 Å². The lowest BCUT2D eigenvalue weighted by molar-refractivity contribution is 0.0696. The molecule has 2 N–H and O–H groups in total. The van der Waals surface area contributed by atoms with E-state index in [1.165, 1.54) is 18.4 Å². The first kappa shape index (κ1) is 14.5. The molecule has 0 saturated carbocycles. The van der Waals surface area contributed by atoms with Gasteiger partial charge in [-0.2, -0.15) is 0 Å². The van der Waals surface area contributed by atoms with Gasteiger partial charge in [0.05, 0.1) is 0 Å². The van der Waals surface area contributed by atoms with Crippen LogP contribution in [0, 0.1) is 0 Å². The molecule has 1 amide bonds. The Morgan fingerprint density at radius 1 is 1.14 bits per heavy atom. The minimum Gasteiger partial charge on any atom is -0.381 e. The maximum Gasteiger partial charge on any atom is 0.251 e. The third-order valence-electron chi connectivity index (χ3n) is 4.50. The lowest BCUT2D eigenvalue weighted by Crippen LogP contribution is -2.38. The summed E-state index contributed by atoms with van der Waals surface area (Å²) in [6.07, 6.45) is 4.30. The highest BCUT2D eigenvalue weighted by atomic mass is 16.5. The zero-order valence-corrected chi connectivity index (χ0v) is 12.4. The molecule has 0 aliphatic carbocycles. The van der Waals surface area contributed by atoms with Gasteiger partial charge in [-0.15, -0.1) is 0 Å². The van der Waals surface area contributed by atoms with E-state index < -0.39 is 0 Å². The summed E-state index contributed by atoms with van der Waals surface area (Å²) in [6.45, 7) is 3.67. The standard InChI is InChI=1S/C17H24N2O2/c20-17(19-16-7-10-21-11-8-16)14-5-3-13(4-6-14)15-2-1-9-18-12-15/h3-6,15-16,18H,1-2,7-12H2,(H,19,20)/t15-/m1/s1. The summed E-state index contributed by atoms with van der Waals surface area (Å²) in [5, 5.41) is 6.54. The number of hydrogen-bond donors (Lipinski definition) is 2. The number of rotatable bonds is 3. The van der Waals surface area contributed by atoms with Gasteiger partial charge in [0.2, 0.25) is 0 Å². The summed E-state index contributed by atoms with van der Waals surface area (Å²) in [7, 11) is 0. The molecule has 2 aliphatic rings. The molecule has 1 atom stereocenters. The molecule has 4 nitrogen and oxygen atoms in total. The first-order chi connectivity index (χ1) is 10.3. The monoisotopic (exact) mass is 288 g/mol. The zero-order valence-electron chi connectivity index (χ0n) is 12.4. The van der Waals surface area contributed by atoms with E-state index in [-0.39, 0.29) is 11.9 Å². The van der Waals surface area contributed by atoms with Crippen molar-refractivity contribution in [1.29, 1.82) is 0 Å².